The monoisotopic (exact) mass is 357 g/mol. The first kappa shape index (κ1) is 18.3. The van der Waals surface area contributed by atoms with Gasteiger partial charge in [-0.05, 0) is 18.3 Å². The Balaban J connectivity index is 1.83. The molecule has 0 bridgehead atoms. The molecule has 26 heavy (non-hydrogen) atoms. The normalized spacial score (nSPS) is 19.0. The summed E-state index contributed by atoms with van der Waals surface area (Å²) in [5, 5.41) is 9.51. The summed E-state index contributed by atoms with van der Waals surface area (Å²) in [5.41, 5.74) is 7.45. The summed E-state index contributed by atoms with van der Waals surface area (Å²) in [5.74, 6) is 1.29. The number of hydrogen-bond acceptors (Lipinski definition) is 6. The Kier molecular flexibility index (Phi) is 4.46. The number of aromatic amines is 1. The van der Waals surface area contributed by atoms with E-state index in [0.717, 1.165) is 29.9 Å². The van der Waals surface area contributed by atoms with Gasteiger partial charge in [-0.25, -0.2) is 9.97 Å². The van der Waals surface area contributed by atoms with Crippen molar-refractivity contribution >= 4 is 11.9 Å². The van der Waals surface area contributed by atoms with Crippen LogP contribution in [-0.2, 0) is 23.1 Å². The largest absolute Gasteiger partial charge is 0.367 e. The Morgan fingerprint density at radius 1 is 1.38 bits per heavy atom. The average Bonchev–Trinajstić information content (AvgIpc) is 2.89. The molecule has 8 heteroatoms. The lowest BCUT2D eigenvalue weighted by atomic mass is 9.74. The molecule has 1 atom stereocenters. The van der Waals surface area contributed by atoms with Gasteiger partial charge < -0.3 is 11.1 Å². The summed E-state index contributed by atoms with van der Waals surface area (Å²) in [6.07, 6.45) is 3.69. The summed E-state index contributed by atoms with van der Waals surface area (Å²) < 4.78 is 0. The number of carbonyl (C=O) groups excluding carboxylic acids is 1. The molecule has 2 heterocycles. The Morgan fingerprint density at radius 3 is 2.73 bits per heavy atom. The number of nitrogens with two attached hydrogens (primary N) is 1. The van der Waals surface area contributed by atoms with E-state index in [9.17, 15) is 4.79 Å². The second kappa shape index (κ2) is 6.34. The number of amides is 1. The van der Waals surface area contributed by atoms with E-state index in [1.807, 2.05) is 6.20 Å². The summed E-state index contributed by atoms with van der Waals surface area (Å²) in [6, 6.07) is -0.115. The summed E-state index contributed by atoms with van der Waals surface area (Å²) in [4.78, 5) is 25.8. The van der Waals surface area contributed by atoms with Crippen molar-refractivity contribution in [2.45, 2.75) is 65.3 Å². The second-order valence-electron chi connectivity index (χ2n) is 8.83. The van der Waals surface area contributed by atoms with Crippen molar-refractivity contribution in [3.8, 4) is 0 Å². The smallest absolute Gasteiger partial charge is 0.239 e. The molecule has 3 rings (SSSR count). The molecule has 8 nitrogen and oxygen atoms in total. The highest BCUT2D eigenvalue weighted by Gasteiger charge is 2.35. The highest BCUT2D eigenvalue weighted by Crippen LogP contribution is 2.40. The van der Waals surface area contributed by atoms with E-state index in [1.54, 1.807) is 0 Å². The van der Waals surface area contributed by atoms with Gasteiger partial charge in [-0.15, -0.1) is 5.10 Å². The van der Waals surface area contributed by atoms with Gasteiger partial charge in [-0.1, -0.05) is 34.6 Å². The van der Waals surface area contributed by atoms with Gasteiger partial charge in [0, 0.05) is 22.9 Å². The van der Waals surface area contributed by atoms with Crippen molar-refractivity contribution in [2.75, 3.05) is 5.73 Å². The summed E-state index contributed by atoms with van der Waals surface area (Å²) >= 11 is 0. The van der Waals surface area contributed by atoms with Crippen molar-refractivity contribution in [1.82, 2.24) is 30.5 Å². The average molecular weight is 357 g/mol. The number of rotatable bonds is 3. The van der Waals surface area contributed by atoms with Crippen molar-refractivity contribution in [2.24, 2.45) is 5.41 Å². The first-order valence-electron chi connectivity index (χ1n) is 8.86. The van der Waals surface area contributed by atoms with E-state index >= 15 is 0 Å². The van der Waals surface area contributed by atoms with Crippen molar-refractivity contribution in [3.05, 3.63) is 29.1 Å². The molecule has 2 aromatic heterocycles. The number of carbonyl (C=O) groups is 1. The van der Waals surface area contributed by atoms with Crippen molar-refractivity contribution < 1.29 is 4.79 Å². The predicted molar refractivity (Wildman–Crippen MR) is 98.2 cm³/mol. The predicted octanol–water partition coefficient (Wildman–Crippen LogP) is 1.85. The van der Waals surface area contributed by atoms with Crippen LogP contribution in [0.2, 0.25) is 0 Å². The van der Waals surface area contributed by atoms with Crippen LogP contribution in [0.5, 0.6) is 0 Å². The number of aromatic nitrogens is 5. The van der Waals surface area contributed by atoms with Gasteiger partial charge in [-0.3, -0.25) is 9.89 Å². The molecule has 140 valence electrons. The fourth-order valence-electron chi connectivity index (χ4n) is 3.32. The number of H-pyrrole nitrogens is 1. The number of nitrogens with zero attached hydrogens (tertiary/aromatic N) is 4. The van der Waals surface area contributed by atoms with E-state index < -0.39 is 0 Å². The lowest BCUT2D eigenvalue weighted by molar-refractivity contribution is -0.121. The van der Waals surface area contributed by atoms with Gasteiger partial charge in [0.15, 0.2) is 0 Å². The van der Waals surface area contributed by atoms with Crippen LogP contribution in [0.3, 0.4) is 0 Å². The van der Waals surface area contributed by atoms with Crippen LogP contribution < -0.4 is 11.1 Å². The maximum absolute atomic E-state index is 12.5. The number of fused-ring (bicyclic) bond motifs is 1. The van der Waals surface area contributed by atoms with Crippen molar-refractivity contribution in [1.29, 1.82) is 0 Å². The molecule has 1 aliphatic rings. The minimum absolute atomic E-state index is 0.0467. The van der Waals surface area contributed by atoms with Gasteiger partial charge in [0.1, 0.15) is 11.6 Å². The third-order valence-corrected chi connectivity index (χ3v) is 4.56. The van der Waals surface area contributed by atoms with Crippen LogP contribution in [0.15, 0.2) is 6.20 Å². The second-order valence-corrected chi connectivity index (χ2v) is 8.83. The Bertz CT molecular complexity index is 819. The van der Waals surface area contributed by atoms with Crippen LogP contribution in [0.4, 0.5) is 5.95 Å². The zero-order chi connectivity index (χ0) is 19.1. The molecule has 1 amide bonds. The van der Waals surface area contributed by atoms with Gasteiger partial charge >= 0.3 is 0 Å². The molecule has 4 N–H and O–H groups in total. The van der Waals surface area contributed by atoms with Crippen molar-refractivity contribution in [3.63, 3.8) is 0 Å². The summed E-state index contributed by atoms with van der Waals surface area (Å²) in [7, 11) is 0. The van der Waals surface area contributed by atoms with E-state index in [4.69, 9.17) is 10.7 Å². The van der Waals surface area contributed by atoms with Gasteiger partial charge in [0.05, 0.1) is 12.5 Å². The van der Waals surface area contributed by atoms with Crippen LogP contribution in [0.1, 0.15) is 70.0 Å². The molecule has 0 saturated carbocycles. The SMILES string of the molecule is CC1(C)Cc2nc(C(C)(C)C)ncc2[C@@H](NC(=O)Cc2nc(N)n[nH]2)C1. The third-order valence-electron chi connectivity index (χ3n) is 4.56. The minimum atomic E-state index is -0.130. The molecule has 0 unspecified atom stereocenters. The molecule has 0 saturated heterocycles. The van der Waals surface area contributed by atoms with E-state index in [0.29, 0.717) is 5.82 Å². The maximum atomic E-state index is 12.5. The number of anilines is 1. The summed E-state index contributed by atoms with van der Waals surface area (Å²) in [6.45, 7) is 10.7. The Morgan fingerprint density at radius 2 is 2.12 bits per heavy atom. The zero-order valence-electron chi connectivity index (χ0n) is 16.1. The third kappa shape index (κ3) is 4.00. The molecule has 2 aromatic rings. The van der Waals surface area contributed by atoms with Crippen LogP contribution in [-0.4, -0.2) is 31.1 Å². The number of nitrogens with one attached hydrogen (secondary N) is 2. The lowest BCUT2D eigenvalue weighted by Gasteiger charge is -2.37. The quantitative estimate of drug-likeness (QED) is 0.770. The van der Waals surface area contributed by atoms with E-state index in [1.165, 1.54) is 0 Å². The zero-order valence-corrected chi connectivity index (χ0v) is 16.1. The fraction of sp³-hybridized carbons (Fsp3) is 0.611. The molecule has 0 fully saturated rings. The van der Waals surface area contributed by atoms with Gasteiger partial charge in [0.25, 0.3) is 0 Å². The lowest BCUT2D eigenvalue weighted by Crippen LogP contribution is -2.38. The highest BCUT2D eigenvalue weighted by molar-refractivity contribution is 5.78. The van der Waals surface area contributed by atoms with Crippen LogP contribution in [0, 0.1) is 5.41 Å². The first-order valence-corrected chi connectivity index (χ1v) is 8.86. The maximum Gasteiger partial charge on any atom is 0.239 e. The number of hydrogen-bond donors (Lipinski definition) is 3. The molecule has 1 aliphatic carbocycles. The standard InChI is InChI=1S/C18H27N7O/c1-17(2,3)15-20-9-10-11(7-18(4,5)8-12(10)22-15)21-14(26)6-13-23-16(19)25-24-13/h9,11H,6-8H2,1-5H3,(H,21,26)(H3,19,23,24,25)/t11-/m0/s1. The van der Waals surface area contributed by atoms with Crippen LogP contribution in [0.25, 0.3) is 0 Å². The molecule has 0 spiro atoms. The fourth-order valence-corrected chi connectivity index (χ4v) is 3.32. The first-order chi connectivity index (χ1) is 12.0. The van der Waals surface area contributed by atoms with Crippen LogP contribution >= 0.6 is 0 Å². The number of nitrogen functional groups attached to an aromatic ring is 1. The van der Waals surface area contributed by atoms with Gasteiger partial charge in [-0.2, -0.15) is 4.98 Å². The van der Waals surface area contributed by atoms with Gasteiger partial charge in [0.2, 0.25) is 11.9 Å². The van der Waals surface area contributed by atoms with E-state index in [2.05, 4.69) is 60.1 Å². The molecule has 0 radical (unpaired) electrons. The Hall–Kier alpha value is -2.51. The molecule has 0 aliphatic heterocycles. The molecular formula is C18H27N7O. The van der Waals surface area contributed by atoms with E-state index in [-0.39, 0.29) is 35.1 Å². The topological polar surface area (TPSA) is 122 Å². The highest BCUT2D eigenvalue weighted by atomic mass is 16.1. The Labute approximate surface area is 153 Å². The molecular weight excluding hydrogens is 330 g/mol. The minimum Gasteiger partial charge on any atom is -0.367 e. The molecule has 0 aromatic carbocycles.